The lowest BCUT2D eigenvalue weighted by Gasteiger charge is -2.21. The van der Waals surface area contributed by atoms with Crippen LogP contribution >= 0.6 is 24.6 Å². The maximum absolute atomic E-state index is 12.7. The third kappa shape index (κ3) is 8.69. The minimum Gasteiger partial charge on any atom is -0.380 e. The minimum absolute atomic E-state index is 0. The summed E-state index contributed by atoms with van der Waals surface area (Å²) in [6, 6.07) is 8.56. The van der Waals surface area contributed by atoms with Gasteiger partial charge in [0.05, 0.1) is 11.0 Å². The number of carbonyl (C=O) groups is 2. The maximum atomic E-state index is 12.7. The minimum atomic E-state index is -0.543. The Balaban J connectivity index is 0.00000364. The van der Waals surface area contributed by atoms with Crippen LogP contribution in [0.2, 0.25) is 0 Å². The van der Waals surface area contributed by atoms with Crippen LogP contribution in [0.5, 0.6) is 0 Å². The Bertz CT molecular complexity index is 609. The number of carbonyl (C=O) groups excluding carboxylic acids is 2. The number of halogens is 1. The monoisotopic (exact) mass is 412 g/mol. The topological polar surface area (TPSA) is 82.3 Å². The lowest BCUT2D eigenvalue weighted by atomic mass is 10.1. The summed E-state index contributed by atoms with van der Waals surface area (Å²) in [5, 5.41) is 12.1. The van der Waals surface area contributed by atoms with Gasteiger partial charge in [-0.05, 0) is 57.7 Å². The molecule has 8 heteroatoms. The highest BCUT2D eigenvalue weighted by Crippen LogP contribution is 2.10. The summed E-state index contributed by atoms with van der Waals surface area (Å²) in [6.07, 6.45) is 4.11. The summed E-state index contributed by atoms with van der Waals surface area (Å²) in [5.41, 5.74) is 0.730. The number of anilines is 1. The molecule has 0 bridgehead atoms. The van der Waals surface area contributed by atoms with Crippen LogP contribution < -0.4 is 21.3 Å². The fraction of sp³-hybridized carbons (Fsp3) is 0.526. The van der Waals surface area contributed by atoms with Crippen molar-refractivity contribution >= 4 is 47.1 Å². The molecule has 1 aliphatic rings. The highest BCUT2D eigenvalue weighted by Gasteiger charge is 2.27. The van der Waals surface area contributed by atoms with E-state index >= 15 is 0 Å². The summed E-state index contributed by atoms with van der Waals surface area (Å²) in [5.74, 6) is -0.273. The average molecular weight is 413 g/mol. The Labute approximate surface area is 172 Å². The van der Waals surface area contributed by atoms with Gasteiger partial charge in [0.2, 0.25) is 11.8 Å². The number of nitrogens with one attached hydrogen (secondary N) is 4. The second-order valence-corrected chi connectivity index (χ2v) is 7.16. The molecule has 6 nitrogen and oxygen atoms in total. The molecule has 2 rings (SSSR count). The first-order chi connectivity index (χ1) is 12.6. The molecule has 1 aromatic rings. The van der Waals surface area contributed by atoms with Crippen molar-refractivity contribution in [3.05, 3.63) is 30.3 Å². The van der Waals surface area contributed by atoms with Crippen molar-refractivity contribution in [2.75, 3.05) is 18.4 Å². The molecule has 0 aromatic heterocycles. The number of para-hydroxylation sites is 1. The summed E-state index contributed by atoms with van der Waals surface area (Å²) in [6.45, 7) is 3.47. The van der Waals surface area contributed by atoms with Crippen molar-refractivity contribution in [1.82, 2.24) is 16.0 Å². The van der Waals surface area contributed by atoms with Crippen LogP contribution in [0, 0.1) is 0 Å². The molecule has 0 spiro atoms. The van der Waals surface area contributed by atoms with Crippen LogP contribution in [0.25, 0.3) is 0 Å². The second kappa shape index (κ2) is 12.6. The van der Waals surface area contributed by atoms with E-state index in [1.807, 2.05) is 37.3 Å². The highest BCUT2D eigenvalue weighted by atomic mass is 35.5. The molecule has 0 radical (unpaired) electrons. The Morgan fingerprint density at radius 1 is 1.26 bits per heavy atom. The molecular formula is C19H29ClN4O2S. The van der Waals surface area contributed by atoms with Crippen molar-refractivity contribution in [2.24, 2.45) is 0 Å². The van der Waals surface area contributed by atoms with Crippen LogP contribution in [0.4, 0.5) is 5.69 Å². The maximum Gasteiger partial charge on any atom is 0.246 e. The van der Waals surface area contributed by atoms with Gasteiger partial charge in [0, 0.05) is 12.2 Å². The summed E-state index contributed by atoms with van der Waals surface area (Å²) >= 11 is 4.99. The van der Waals surface area contributed by atoms with Gasteiger partial charge in [0.1, 0.15) is 6.04 Å². The van der Waals surface area contributed by atoms with Crippen LogP contribution in [0.15, 0.2) is 30.3 Å². The number of rotatable bonds is 9. The first kappa shape index (κ1) is 23.3. The standard InChI is InChI=1S/C19H28N4O2S.ClH/c1-14(26)20-12-6-5-10-17(23-18(24)16-11-7-13-21-16)19(25)22-15-8-3-2-4-9-15;/h2-4,8-9,16-17,21H,5-7,10-13H2,1H3,(H,20,26)(H,22,25)(H,23,24);1H/t16-,17-;/m0./s1. The molecule has 0 aliphatic carbocycles. The van der Waals surface area contributed by atoms with E-state index in [1.165, 1.54) is 0 Å². The lowest BCUT2D eigenvalue weighted by molar-refractivity contribution is -0.127. The smallest absolute Gasteiger partial charge is 0.246 e. The van der Waals surface area contributed by atoms with E-state index in [4.69, 9.17) is 12.2 Å². The number of amides is 2. The fourth-order valence-corrected chi connectivity index (χ4v) is 3.04. The predicted molar refractivity (Wildman–Crippen MR) is 115 cm³/mol. The van der Waals surface area contributed by atoms with E-state index in [9.17, 15) is 9.59 Å². The van der Waals surface area contributed by atoms with E-state index in [2.05, 4.69) is 21.3 Å². The van der Waals surface area contributed by atoms with Gasteiger partial charge in [0.25, 0.3) is 0 Å². The molecule has 1 saturated heterocycles. The molecule has 2 amide bonds. The number of hydrogen-bond acceptors (Lipinski definition) is 4. The third-order valence-electron chi connectivity index (χ3n) is 4.34. The normalized spacial score (nSPS) is 16.7. The SMILES string of the molecule is CC(=S)NCCCC[C@H](NC(=O)[C@@H]1CCCN1)C(=O)Nc1ccccc1.Cl. The molecule has 27 heavy (non-hydrogen) atoms. The molecular weight excluding hydrogens is 384 g/mol. The van der Waals surface area contributed by atoms with Gasteiger partial charge in [-0.2, -0.15) is 0 Å². The Hall–Kier alpha value is -1.70. The molecule has 1 aliphatic heterocycles. The van der Waals surface area contributed by atoms with Gasteiger partial charge in [0.15, 0.2) is 0 Å². The van der Waals surface area contributed by atoms with Gasteiger partial charge in [-0.15, -0.1) is 12.4 Å². The van der Waals surface area contributed by atoms with Gasteiger partial charge in [-0.1, -0.05) is 30.4 Å². The van der Waals surface area contributed by atoms with Crippen LogP contribution in [0.3, 0.4) is 0 Å². The van der Waals surface area contributed by atoms with Gasteiger partial charge in [-0.3, -0.25) is 9.59 Å². The van der Waals surface area contributed by atoms with Crippen molar-refractivity contribution in [2.45, 2.75) is 51.1 Å². The molecule has 0 saturated carbocycles. The van der Waals surface area contributed by atoms with E-state index < -0.39 is 6.04 Å². The van der Waals surface area contributed by atoms with Crippen molar-refractivity contribution in [3.63, 3.8) is 0 Å². The van der Waals surface area contributed by atoms with Crippen LogP contribution in [0.1, 0.15) is 39.0 Å². The average Bonchev–Trinajstić information content (AvgIpc) is 3.15. The first-order valence-corrected chi connectivity index (χ1v) is 9.61. The van der Waals surface area contributed by atoms with Crippen molar-refractivity contribution in [3.8, 4) is 0 Å². The second-order valence-electron chi connectivity index (χ2n) is 6.54. The van der Waals surface area contributed by atoms with Crippen molar-refractivity contribution < 1.29 is 9.59 Å². The number of thiocarbonyl (C=S) groups is 1. The summed E-state index contributed by atoms with van der Waals surface area (Å²) < 4.78 is 0. The van der Waals surface area contributed by atoms with E-state index in [0.717, 1.165) is 49.4 Å². The molecule has 1 aromatic carbocycles. The van der Waals surface area contributed by atoms with E-state index in [-0.39, 0.29) is 30.3 Å². The van der Waals surface area contributed by atoms with Crippen molar-refractivity contribution in [1.29, 1.82) is 0 Å². The first-order valence-electron chi connectivity index (χ1n) is 9.20. The number of unbranched alkanes of at least 4 members (excludes halogenated alkanes) is 1. The molecule has 150 valence electrons. The molecule has 1 fully saturated rings. The van der Waals surface area contributed by atoms with Crippen LogP contribution in [-0.4, -0.2) is 42.0 Å². The largest absolute Gasteiger partial charge is 0.380 e. The van der Waals surface area contributed by atoms with Crippen LogP contribution in [-0.2, 0) is 9.59 Å². The summed E-state index contributed by atoms with van der Waals surface area (Å²) in [7, 11) is 0. The third-order valence-corrected chi connectivity index (χ3v) is 4.49. The fourth-order valence-electron chi connectivity index (χ4n) is 2.94. The van der Waals surface area contributed by atoms with Gasteiger partial charge >= 0.3 is 0 Å². The molecule has 0 unspecified atom stereocenters. The van der Waals surface area contributed by atoms with Gasteiger partial charge < -0.3 is 21.3 Å². The zero-order valence-electron chi connectivity index (χ0n) is 15.6. The lowest BCUT2D eigenvalue weighted by Crippen LogP contribution is -2.49. The molecule has 2 atom stereocenters. The predicted octanol–water partition coefficient (Wildman–Crippen LogP) is 2.39. The van der Waals surface area contributed by atoms with E-state index in [1.54, 1.807) is 0 Å². The number of hydrogen-bond donors (Lipinski definition) is 4. The quantitative estimate of drug-likeness (QED) is 0.370. The number of benzene rings is 1. The Morgan fingerprint density at radius 2 is 2.00 bits per heavy atom. The Morgan fingerprint density at radius 3 is 2.63 bits per heavy atom. The zero-order chi connectivity index (χ0) is 18.8. The molecule has 1 heterocycles. The zero-order valence-corrected chi connectivity index (χ0v) is 17.3. The van der Waals surface area contributed by atoms with Gasteiger partial charge in [-0.25, -0.2) is 0 Å². The van der Waals surface area contributed by atoms with E-state index in [0.29, 0.717) is 6.42 Å². The Kier molecular flexibility index (Phi) is 10.9. The molecule has 4 N–H and O–H groups in total. The highest BCUT2D eigenvalue weighted by molar-refractivity contribution is 7.80. The summed E-state index contributed by atoms with van der Waals surface area (Å²) in [4.78, 5) is 25.8.